The predicted octanol–water partition coefficient (Wildman–Crippen LogP) is 2.75. The summed E-state index contributed by atoms with van der Waals surface area (Å²) in [6.07, 6.45) is 1.62. The van der Waals surface area contributed by atoms with Crippen LogP contribution in [0.1, 0.15) is 24.8 Å². The van der Waals surface area contributed by atoms with Crippen LogP contribution in [0.3, 0.4) is 0 Å². The van der Waals surface area contributed by atoms with Crippen molar-refractivity contribution in [2.75, 3.05) is 20.6 Å². The lowest BCUT2D eigenvalue weighted by Gasteiger charge is -2.43. The second-order valence-electron chi connectivity index (χ2n) is 6.88. The molecule has 3 rings (SSSR count). The van der Waals surface area contributed by atoms with E-state index in [-0.39, 0.29) is 5.92 Å². The van der Waals surface area contributed by atoms with E-state index in [1.807, 2.05) is 32.3 Å². The average molecular weight is 299 g/mol. The molecule has 3 nitrogen and oxygen atoms in total. The van der Waals surface area contributed by atoms with Crippen LogP contribution in [0.2, 0.25) is 0 Å². The smallest absolute Gasteiger partial charge is 0.0961 e. The summed E-state index contributed by atoms with van der Waals surface area (Å²) in [4.78, 5) is 2.12. The molecule has 0 saturated heterocycles. The van der Waals surface area contributed by atoms with E-state index in [0.29, 0.717) is 6.42 Å². The first kappa shape index (κ1) is 15.5. The lowest BCUT2D eigenvalue weighted by molar-refractivity contribution is -0.0991. The minimum absolute atomic E-state index is 0.145. The molecule has 118 valence electrons. The summed E-state index contributed by atoms with van der Waals surface area (Å²) in [5.74, 6) is 0.145. The zero-order chi connectivity index (χ0) is 15.7. The maximum atomic E-state index is 11.4. The van der Waals surface area contributed by atoms with Gasteiger partial charge in [0.15, 0.2) is 0 Å². The third kappa shape index (κ3) is 2.89. The molecule has 1 fully saturated rings. The first-order valence-electron chi connectivity index (χ1n) is 8.03. The molecular formula is C19H25NO2. The Balaban J connectivity index is 2.02. The number of fused-ring (bicyclic) bond motifs is 1. The summed E-state index contributed by atoms with van der Waals surface area (Å²) in [6.45, 7) is 0.829. The van der Waals surface area contributed by atoms with Crippen LogP contribution in [0.15, 0.2) is 42.5 Å². The SMILES string of the molecule is CN(C)CC1CC[C@@H](O)C[C@]1(O)c1ccc2ccccc2c1. The molecule has 22 heavy (non-hydrogen) atoms. The zero-order valence-electron chi connectivity index (χ0n) is 13.4. The van der Waals surface area contributed by atoms with Crippen LogP contribution in [0.5, 0.6) is 0 Å². The maximum Gasteiger partial charge on any atom is 0.0961 e. The van der Waals surface area contributed by atoms with Gasteiger partial charge in [-0.3, -0.25) is 0 Å². The highest BCUT2D eigenvalue weighted by Crippen LogP contribution is 2.42. The zero-order valence-corrected chi connectivity index (χ0v) is 13.4. The first-order valence-corrected chi connectivity index (χ1v) is 8.03. The molecule has 1 unspecified atom stereocenters. The Morgan fingerprint density at radius 2 is 1.82 bits per heavy atom. The van der Waals surface area contributed by atoms with Crippen LogP contribution in [0.25, 0.3) is 10.8 Å². The number of rotatable bonds is 3. The van der Waals surface area contributed by atoms with Crippen molar-refractivity contribution in [2.24, 2.45) is 5.92 Å². The molecule has 0 spiro atoms. The lowest BCUT2D eigenvalue weighted by Crippen LogP contribution is -2.46. The Labute approximate surface area is 132 Å². The number of aliphatic hydroxyl groups excluding tert-OH is 1. The van der Waals surface area contributed by atoms with Gasteiger partial charge in [0.1, 0.15) is 0 Å². The summed E-state index contributed by atoms with van der Waals surface area (Å²) in [5.41, 5.74) is -0.0248. The second-order valence-corrected chi connectivity index (χ2v) is 6.88. The van der Waals surface area contributed by atoms with E-state index in [1.54, 1.807) is 0 Å². The van der Waals surface area contributed by atoms with Gasteiger partial charge in [0.25, 0.3) is 0 Å². The van der Waals surface area contributed by atoms with Crippen LogP contribution in [0, 0.1) is 5.92 Å². The quantitative estimate of drug-likeness (QED) is 0.916. The highest BCUT2D eigenvalue weighted by Gasteiger charge is 2.43. The van der Waals surface area contributed by atoms with Crippen molar-refractivity contribution in [2.45, 2.75) is 31.0 Å². The van der Waals surface area contributed by atoms with Crippen LogP contribution in [0.4, 0.5) is 0 Å². The van der Waals surface area contributed by atoms with Crippen LogP contribution in [-0.2, 0) is 5.60 Å². The Bertz CT molecular complexity index is 655. The van der Waals surface area contributed by atoms with Gasteiger partial charge in [-0.05, 0) is 49.3 Å². The van der Waals surface area contributed by atoms with E-state index in [1.165, 1.54) is 5.39 Å². The van der Waals surface area contributed by atoms with Gasteiger partial charge >= 0.3 is 0 Å². The predicted molar refractivity (Wildman–Crippen MR) is 89.7 cm³/mol. The van der Waals surface area contributed by atoms with E-state index in [4.69, 9.17) is 0 Å². The Morgan fingerprint density at radius 1 is 1.09 bits per heavy atom. The Hall–Kier alpha value is -1.42. The normalized spacial score (nSPS) is 29.1. The summed E-state index contributed by atoms with van der Waals surface area (Å²) in [7, 11) is 4.07. The van der Waals surface area contributed by atoms with Gasteiger partial charge in [-0.2, -0.15) is 0 Å². The topological polar surface area (TPSA) is 43.7 Å². The molecule has 1 aliphatic rings. The number of benzene rings is 2. The highest BCUT2D eigenvalue weighted by molar-refractivity contribution is 5.83. The van der Waals surface area contributed by atoms with E-state index < -0.39 is 11.7 Å². The van der Waals surface area contributed by atoms with Gasteiger partial charge in [0.2, 0.25) is 0 Å². The molecule has 0 bridgehead atoms. The number of nitrogens with zero attached hydrogens (tertiary/aromatic N) is 1. The van der Waals surface area contributed by atoms with Crippen LogP contribution in [-0.4, -0.2) is 41.9 Å². The van der Waals surface area contributed by atoms with Gasteiger partial charge in [0, 0.05) is 18.9 Å². The van der Waals surface area contributed by atoms with Crippen molar-refractivity contribution in [1.82, 2.24) is 4.90 Å². The largest absolute Gasteiger partial charge is 0.393 e. The molecule has 0 radical (unpaired) electrons. The molecule has 1 saturated carbocycles. The van der Waals surface area contributed by atoms with E-state index >= 15 is 0 Å². The van der Waals surface area contributed by atoms with E-state index in [0.717, 1.165) is 30.3 Å². The van der Waals surface area contributed by atoms with Crippen molar-refractivity contribution >= 4 is 10.8 Å². The highest BCUT2D eigenvalue weighted by atomic mass is 16.3. The van der Waals surface area contributed by atoms with Crippen molar-refractivity contribution in [3.8, 4) is 0 Å². The van der Waals surface area contributed by atoms with Crippen molar-refractivity contribution in [1.29, 1.82) is 0 Å². The minimum Gasteiger partial charge on any atom is -0.393 e. The lowest BCUT2D eigenvalue weighted by atomic mass is 9.70. The summed E-state index contributed by atoms with van der Waals surface area (Å²) in [6, 6.07) is 14.4. The van der Waals surface area contributed by atoms with Crippen molar-refractivity contribution in [3.05, 3.63) is 48.0 Å². The number of aliphatic hydroxyl groups is 2. The molecule has 2 aromatic carbocycles. The van der Waals surface area contributed by atoms with Gasteiger partial charge < -0.3 is 15.1 Å². The Kier molecular flexibility index (Phi) is 4.22. The summed E-state index contributed by atoms with van der Waals surface area (Å²) < 4.78 is 0. The molecule has 1 aliphatic carbocycles. The van der Waals surface area contributed by atoms with E-state index in [2.05, 4.69) is 29.2 Å². The monoisotopic (exact) mass is 299 g/mol. The van der Waals surface area contributed by atoms with Gasteiger partial charge in [-0.15, -0.1) is 0 Å². The standard InChI is InChI=1S/C19H25NO2/c1-20(2)13-17-9-10-18(21)12-19(17,22)16-8-7-14-5-3-4-6-15(14)11-16/h3-8,11,17-18,21-22H,9-10,12-13H2,1-2H3/t17?,18-,19+/m1/s1. The molecule has 0 amide bonds. The number of hydrogen-bond acceptors (Lipinski definition) is 3. The molecule has 2 N–H and O–H groups in total. The third-order valence-electron chi connectivity index (χ3n) is 4.91. The third-order valence-corrected chi connectivity index (χ3v) is 4.91. The molecule has 2 aromatic rings. The van der Waals surface area contributed by atoms with Gasteiger partial charge in [-0.1, -0.05) is 36.4 Å². The van der Waals surface area contributed by atoms with Gasteiger partial charge in [-0.25, -0.2) is 0 Å². The van der Waals surface area contributed by atoms with Crippen molar-refractivity contribution < 1.29 is 10.2 Å². The molecule has 0 heterocycles. The average Bonchev–Trinajstić information content (AvgIpc) is 2.49. The van der Waals surface area contributed by atoms with Crippen LogP contribution < -0.4 is 0 Å². The van der Waals surface area contributed by atoms with E-state index in [9.17, 15) is 10.2 Å². The second kappa shape index (κ2) is 5.99. The first-order chi connectivity index (χ1) is 10.5. The molecule has 0 aliphatic heterocycles. The molecular weight excluding hydrogens is 274 g/mol. The maximum absolute atomic E-state index is 11.4. The molecule has 3 heteroatoms. The minimum atomic E-state index is -0.952. The van der Waals surface area contributed by atoms with Crippen LogP contribution >= 0.6 is 0 Å². The Morgan fingerprint density at radius 3 is 2.55 bits per heavy atom. The molecule has 3 atom stereocenters. The number of hydrogen-bond donors (Lipinski definition) is 2. The fraction of sp³-hybridized carbons (Fsp3) is 0.474. The molecule has 0 aromatic heterocycles. The fourth-order valence-corrected chi connectivity index (χ4v) is 3.76. The fourth-order valence-electron chi connectivity index (χ4n) is 3.76. The summed E-state index contributed by atoms with van der Waals surface area (Å²) in [5, 5.41) is 23.8. The van der Waals surface area contributed by atoms with Crippen molar-refractivity contribution in [3.63, 3.8) is 0 Å². The summed E-state index contributed by atoms with van der Waals surface area (Å²) >= 11 is 0. The van der Waals surface area contributed by atoms with Gasteiger partial charge in [0.05, 0.1) is 11.7 Å².